The molecule has 122 valence electrons. The fraction of sp³-hybridized carbons (Fsp3) is 0.444. The van der Waals surface area contributed by atoms with Crippen molar-refractivity contribution >= 4 is 5.91 Å². The Hall–Kier alpha value is -2.14. The van der Waals surface area contributed by atoms with Gasteiger partial charge in [0.25, 0.3) is 5.91 Å². The molecule has 1 aromatic carbocycles. The molecule has 1 aromatic heterocycles. The number of rotatable bonds is 5. The number of amides is 1. The van der Waals surface area contributed by atoms with Crippen LogP contribution in [0.4, 0.5) is 0 Å². The maximum Gasteiger partial charge on any atom is 0.257 e. The molecule has 0 spiro atoms. The van der Waals surface area contributed by atoms with Crippen molar-refractivity contribution in [3.63, 3.8) is 0 Å². The number of nitrogens with one attached hydrogen (secondary N) is 1. The number of likely N-dealkylation sites (tertiary alicyclic amines) is 1. The Kier molecular flexibility index (Phi) is 4.76. The van der Waals surface area contributed by atoms with Crippen LogP contribution in [0.25, 0.3) is 0 Å². The zero-order chi connectivity index (χ0) is 16.2. The van der Waals surface area contributed by atoms with Gasteiger partial charge in [-0.25, -0.2) is 0 Å². The molecule has 0 unspecified atom stereocenters. The van der Waals surface area contributed by atoms with Crippen LogP contribution >= 0.6 is 0 Å². The SMILES string of the molecule is Cc1noc(C)c1C(=O)NCc1ccccc1CN1CCCC1. The first-order valence-corrected chi connectivity index (χ1v) is 8.15. The third-order valence-electron chi connectivity index (χ3n) is 4.41. The normalized spacial score (nSPS) is 15.0. The first-order valence-electron chi connectivity index (χ1n) is 8.15. The number of hydrogen-bond donors (Lipinski definition) is 1. The highest BCUT2D eigenvalue weighted by Gasteiger charge is 2.18. The zero-order valence-corrected chi connectivity index (χ0v) is 13.8. The van der Waals surface area contributed by atoms with Gasteiger partial charge in [-0.3, -0.25) is 9.69 Å². The molecule has 1 saturated heterocycles. The predicted molar refractivity (Wildman–Crippen MR) is 88.1 cm³/mol. The van der Waals surface area contributed by atoms with Crippen LogP contribution in [0.15, 0.2) is 28.8 Å². The Morgan fingerprint density at radius 3 is 2.57 bits per heavy atom. The summed E-state index contributed by atoms with van der Waals surface area (Å²) < 4.78 is 5.06. The standard InChI is InChI=1S/C18H23N3O2/c1-13-17(14(2)23-20-13)18(22)19-11-15-7-3-4-8-16(15)12-21-9-5-6-10-21/h3-4,7-8H,5-6,9-12H2,1-2H3,(H,19,22). The molecule has 0 radical (unpaired) electrons. The molecule has 23 heavy (non-hydrogen) atoms. The number of aryl methyl sites for hydroxylation is 2. The fourth-order valence-corrected chi connectivity index (χ4v) is 3.14. The van der Waals surface area contributed by atoms with E-state index >= 15 is 0 Å². The van der Waals surface area contributed by atoms with Crippen LogP contribution in [0, 0.1) is 13.8 Å². The Morgan fingerprint density at radius 1 is 1.22 bits per heavy atom. The highest BCUT2D eigenvalue weighted by Crippen LogP contribution is 2.17. The van der Waals surface area contributed by atoms with Crippen molar-refractivity contribution in [3.8, 4) is 0 Å². The number of carbonyl (C=O) groups is 1. The zero-order valence-electron chi connectivity index (χ0n) is 13.8. The number of aromatic nitrogens is 1. The summed E-state index contributed by atoms with van der Waals surface area (Å²) in [4.78, 5) is 14.8. The molecule has 3 rings (SSSR count). The van der Waals surface area contributed by atoms with E-state index in [9.17, 15) is 4.79 Å². The Bertz CT molecular complexity index is 668. The molecule has 1 fully saturated rings. The van der Waals surface area contributed by atoms with E-state index in [-0.39, 0.29) is 5.91 Å². The van der Waals surface area contributed by atoms with Gasteiger partial charge >= 0.3 is 0 Å². The van der Waals surface area contributed by atoms with Gasteiger partial charge in [-0.05, 0) is 50.9 Å². The summed E-state index contributed by atoms with van der Waals surface area (Å²) in [6.07, 6.45) is 2.57. The van der Waals surface area contributed by atoms with Crippen LogP contribution in [-0.4, -0.2) is 29.1 Å². The predicted octanol–water partition coefficient (Wildman–Crippen LogP) is 2.82. The molecule has 2 aromatic rings. The van der Waals surface area contributed by atoms with Crippen LogP contribution in [-0.2, 0) is 13.1 Å². The lowest BCUT2D eigenvalue weighted by Crippen LogP contribution is -2.25. The molecule has 1 N–H and O–H groups in total. The second kappa shape index (κ2) is 6.96. The van der Waals surface area contributed by atoms with Gasteiger partial charge in [0, 0.05) is 13.1 Å². The van der Waals surface area contributed by atoms with Crippen LogP contribution in [0.3, 0.4) is 0 Å². The van der Waals surface area contributed by atoms with E-state index in [1.165, 1.54) is 37.1 Å². The van der Waals surface area contributed by atoms with E-state index < -0.39 is 0 Å². The summed E-state index contributed by atoms with van der Waals surface area (Å²) in [5, 5.41) is 6.83. The molecule has 0 atom stereocenters. The molecule has 0 bridgehead atoms. The van der Waals surface area contributed by atoms with Crippen molar-refractivity contribution in [3.05, 3.63) is 52.4 Å². The van der Waals surface area contributed by atoms with Gasteiger partial charge in [-0.1, -0.05) is 29.4 Å². The number of hydrogen-bond acceptors (Lipinski definition) is 4. The Balaban J connectivity index is 1.67. The van der Waals surface area contributed by atoms with E-state index in [1.54, 1.807) is 13.8 Å². The second-order valence-electron chi connectivity index (χ2n) is 6.13. The van der Waals surface area contributed by atoms with E-state index in [1.807, 2.05) is 6.07 Å². The smallest absolute Gasteiger partial charge is 0.257 e. The molecule has 1 aliphatic heterocycles. The molecule has 0 saturated carbocycles. The highest BCUT2D eigenvalue weighted by molar-refractivity contribution is 5.96. The molecular weight excluding hydrogens is 290 g/mol. The van der Waals surface area contributed by atoms with Crippen molar-refractivity contribution < 1.29 is 9.32 Å². The van der Waals surface area contributed by atoms with E-state index in [2.05, 4.69) is 33.6 Å². The topological polar surface area (TPSA) is 58.4 Å². The quantitative estimate of drug-likeness (QED) is 0.922. The minimum Gasteiger partial charge on any atom is -0.361 e. The van der Waals surface area contributed by atoms with Crippen LogP contribution in [0.5, 0.6) is 0 Å². The maximum atomic E-state index is 12.4. The van der Waals surface area contributed by atoms with Crippen molar-refractivity contribution in [1.82, 2.24) is 15.4 Å². The second-order valence-corrected chi connectivity index (χ2v) is 6.13. The van der Waals surface area contributed by atoms with Crippen molar-refractivity contribution in [2.45, 2.75) is 39.8 Å². The number of carbonyl (C=O) groups excluding carboxylic acids is 1. The van der Waals surface area contributed by atoms with Crippen LogP contribution < -0.4 is 5.32 Å². The Labute approximate surface area is 136 Å². The number of benzene rings is 1. The first-order chi connectivity index (χ1) is 11.1. The van der Waals surface area contributed by atoms with Gasteiger partial charge < -0.3 is 9.84 Å². The minimum absolute atomic E-state index is 0.128. The van der Waals surface area contributed by atoms with Gasteiger partial charge in [0.15, 0.2) is 0 Å². The van der Waals surface area contributed by atoms with Crippen LogP contribution in [0.1, 0.15) is 45.8 Å². The van der Waals surface area contributed by atoms with Gasteiger partial charge in [0.2, 0.25) is 0 Å². The van der Waals surface area contributed by atoms with E-state index in [0.717, 1.165) is 6.54 Å². The molecule has 1 amide bonds. The van der Waals surface area contributed by atoms with Gasteiger partial charge in [0.1, 0.15) is 11.3 Å². The van der Waals surface area contributed by atoms with Crippen molar-refractivity contribution in [1.29, 1.82) is 0 Å². The van der Waals surface area contributed by atoms with E-state index in [0.29, 0.717) is 23.6 Å². The summed E-state index contributed by atoms with van der Waals surface area (Å²) in [6.45, 7) is 7.35. The fourth-order valence-electron chi connectivity index (χ4n) is 3.14. The summed E-state index contributed by atoms with van der Waals surface area (Å²) in [7, 11) is 0. The average molecular weight is 313 g/mol. The number of nitrogens with zero attached hydrogens (tertiary/aromatic N) is 2. The van der Waals surface area contributed by atoms with Crippen molar-refractivity contribution in [2.24, 2.45) is 0 Å². The molecule has 5 heteroatoms. The lowest BCUT2D eigenvalue weighted by atomic mass is 10.1. The molecule has 1 aliphatic rings. The van der Waals surface area contributed by atoms with Gasteiger partial charge in [-0.2, -0.15) is 0 Å². The lowest BCUT2D eigenvalue weighted by molar-refractivity contribution is 0.0948. The monoisotopic (exact) mass is 313 g/mol. The molecule has 2 heterocycles. The van der Waals surface area contributed by atoms with Crippen LogP contribution in [0.2, 0.25) is 0 Å². The van der Waals surface area contributed by atoms with Crippen molar-refractivity contribution in [2.75, 3.05) is 13.1 Å². The highest BCUT2D eigenvalue weighted by atomic mass is 16.5. The third-order valence-corrected chi connectivity index (χ3v) is 4.41. The molecule has 5 nitrogen and oxygen atoms in total. The average Bonchev–Trinajstić information content (AvgIpc) is 3.16. The molecular formula is C18H23N3O2. The summed E-state index contributed by atoms with van der Waals surface area (Å²) in [5.41, 5.74) is 3.63. The lowest BCUT2D eigenvalue weighted by Gasteiger charge is -2.17. The maximum absolute atomic E-state index is 12.4. The van der Waals surface area contributed by atoms with Gasteiger partial charge in [-0.15, -0.1) is 0 Å². The summed E-state index contributed by atoms with van der Waals surface area (Å²) in [5.74, 6) is 0.433. The minimum atomic E-state index is -0.128. The third kappa shape index (κ3) is 3.62. The van der Waals surface area contributed by atoms with E-state index in [4.69, 9.17) is 4.52 Å². The summed E-state index contributed by atoms with van der Waals surface area (Å²) in [6, 6.07) is 8.31. The first kappa shape index (κ1) is 15.7. The largest absolute Gasteiger partial charge is 0.361 e. The Morgan fingerprint density at radius 2 is 1.91 bits per heavy atom. The van der Waals surface area contributed by atoms with Gasteiger partial charge in [0.05, 0.1) is 5.69 Å². The molecule has 0 aliphatic carbocycles. The summed E-state index contributed by atoms with van der Waals surface area (Å²) >= 11 is 0.